The lowest BCUT2D eigenvalue weighted by atomic mass is 10.0. The normalized spacial score (nSPS) is 17.4. The summed E-state index contributed by atoms with van der Waals surface area (Å²) in [6.45, 7) is 9.95. The number of nitrogens with one attached hydrogen (secondary N) is 1. The number of hydrogen-bond donors (Lipinski definition) is 2. The molecule has 1 aromatic carbocycles. The Morgan fingerprint density at radius 3 is 2.69 bits per heavy atom. The molecule has 0 unspecified atom stereocenters. The van der Waals surface area contributed by atoms with Crippen molar-refractivity contribution in [3.8, 4) is 5.75 Å². The number of anilines is 1. The van der Waals surface area contributed by atoms with Gasteiger partial charge in [-0.25, -0.2) is 13.9 Å². The number of allylic oxidation sites excluding steroid dienone is 1. The molecule has 1 saturated heterocycles. The molecule has 2 aromatic rings. The zero-order valence-electron chi connectivity index (χ0n) is 21.5. The van der Waals surface area contributed by atoms with Crippen LogP contribution in [0.4, 0.5) is 14.9 Å². The summed E-state index contributed by atoms with van der Waals surface area (Å²) in [6, 6.07) is 6.58. The summed E-state index contributed by atoms with van der Waals surface area (Å²) in [6.07, 6.45) is 6.65. The third-order valence-electron chi connectivity index (χ3n) is 6.28. The molecule has 3 heterocycles. The van der Waals surface area contributed by atoms with Crippen LogP contribution >= 0.6 is 0 Å². The largest absolute Gasteiger partial charge is 0.452 e. The molecule has 0 bridgehead atoms. The molecule has 0 spiro atoms. The number of ether oxygens (including phenoxy) is 2. The van der Waals surface area contributed by atoms with Crippen LogP contribution in [0.5, 0.6) is 5.75 Å². The Morgan fingerprint density at radius 2 is 2.00 bits per heavy atom. The summed E-state index contributed by atoms with van der Waals surface area (Å²) in [7, 11) is 0. The minimum atomic E-state index is -0.514. The third kappa shape index (κ3) is 6.46. The van der Waals surface area contributed by atoms with Crippen LogP contribution in [-0.4, -0.2) is 46.6 Å². The van der Waals surface area contributed by atoms with Crippen molar-refractivity contribution in [2.75, 3.05) is 18.8 Å². The number of likely N-dealkylation sites (tertiary alicyclic amines) is 1. The van der Waals surface area contributed by atoms with Gasteiger partial charge in [-0.2, -0.15) is 5.10 Å². The van der Waals surface area contributed by atoms with Gasteiger partial charge in [-0.05, 0) is 82.7 Å². The SMILES string of the molecule is CC1=C(Oc2ccc(N)cc2F)c2c(CN3CCC(NC(=O)OC(C)(C)C)CC3)ccn2N=CCC1. The molecule has 36 heavy (non-hydrogen) atoms. The molecule has 2 aliphatic rings. The summed E-state index contributed by atoms with van der Waals surface area (Å²) < 4.78 is 28.0. The number of rotatable bonds is 5. The lowest BCUT2D eigenvalue weighted by molar-refractivity contribution is 0.0477. The predicted octanol–water partition coefficient (Wildman–Crippen LogP) is 5.14. The minimum absolute atomic E-state index is 0.0879. The van der Waals surface area contributed by atoms with E-state index in [0.29, 0.717) is 18.0 Å². The molecule has 0 atom stereocenters. The van der Waals surface area contributed by atoms with Crippen LogP contribution < -0.4 is 15.8 Å². The molecule has 0 saturated carbocycles. The lowest BCUT2D eigenvalue weighted by Crippen LogP contribution is -2.45. The lowest BCUT2D eigenvalue weighted by Gasteiger charge is -2.33. The van der Waals surface area contributed by atoms with E-state index in [4.69, 9.17) is 15.2 Å². The van der Waals surface area contributed by atoms with Crippen molar-refractivity contribution < 1.29 is 18.7 Å². The van der Waals surface area contributed by atoms with Gasteiger partial charge in [0.1, 0.15) is 11.3 Å². The third-order valence-corrected chi connectivity index (χ3v) is 6.28. The average Bonchev–Trinajstić information content (AvgIpc) is 3.16. The van der Waals surface area contributed by atoms with Gasteiger partial charge >= 0.3 is 6.09 Å². The number of carbonyl (C=O) groups is 1. The number of carbonyl (C=O) groups excluding carboxylic acids is 1. The van der Waals surface area contributed by atoms with Gasteiger partial charge in [-0.1, -0.05) is 0 Å². The van der Waals surface area contributed by atoms with Gasteiger partial charge in [0.2, 0.25) is 0 Å². The van der Waals surface area contributed by atoms with E-state index < -0.39 is 11.4 Å². The van der Waals surface area contributed by atoms with E-state index >= 15 is 0 Å². The first-order valence-electron chi connectivity index (χ1n) is 12.5. The topological polar surface area (TPSA) is 94.1 Å². The van der Waals surface area contributed by atoms with Gasteiger partial charge in [0.25, 0.3) is 0 Å². The smallest absolute Gasteiger partial charge is 0.407 e. The van der Waals surface area contributed by atoms with Crippen LogP contribution in [0, 0.1) is 5.82 Å². The first-order chi connectivity index (χ1) is 17.1. The predicted molar refractivity (Wildman–Crippen MR) is 139 cm³/mol. The average molecular weight is 498 g/mol. The van der Waals surface area contributed by atoms with Gasteiger partial charge < -0.3 is 20.5 Å². The zero-order valence-corrected chi connectivity index (χ0v) is 21.5. The highest BCUT2D eigenvalue weighted by atomic mass is 19.1. The van der Waals surface area contributed by atoms with Gasteiger partial charge in [-0.3, -0.25) is 4.90 Å². The molecule has 1 fully saturated rings. The van der Waals surface area contributed by atoms with E-state index in [-0.39, 0.29) is 17.9 Å². The number of hydrogen-bond acceptors (Lipinski definition) is 6. The zero-order chi connectivity index (χ0) is 25.9. The Hall–Kier alpha value is -3.33. The number of nitrogens with zero attached hydrogens (tertiary/aromatic N) is 3. The van der Waals surface area contributed by atoms with E-state index in [2.05, 4.69) is 15.3 Å². The minimum Gasteiger partial charge on any atom is -0.452 e. The number of fused-ring (bicyclic) bond motifs is 1. The summed E-state index contributed by atoms with van der Waals surface area (Å²) in [4.78, 5) is 14.5. The molecule has 1 amide bonds. The molecule has 4 rings (SSSR count). The highest BCUT2D eigenvalue weighted by molar-refractivity contribution is 5.69. The first kappa shape index (κ1) is 25.8. The van der Waals surface area contributed by atoms with Crippen molar-refractivity contribution >= 4 is 23.8 Å². The van der Waals surface area contributed by atoms with Crippen LogP contribution in [0.25, 0.3) is 5.76 Å². The molecule has 9 heteroatoms. The van der Waals surface area contributed by atoms with Crippen molar-refractivity contribution in [3.63, 3.8) is 0 Å². The van der Waals surface area contributed by atoms with Crippen molar-refractivity contribution in [1.82, 2.24) is 14.9 Å². The monoisotopic (exact) mass is 497 g/mol. The number of benzene rings is 1. The maximum Gasteiger partial charge on any atom is 0.407 e. The number of halogens is 1. The van der Waals surface area contributed by atoms with E-state index in [9.17, 15) is 9.18 Å². The molecule has 8 nitrogen and oxygen atoms in total. The maximum atomic E-state index is 14.6. The van der Waals surface area contributed by atoms with Gasteiger partial charge in [-0.15, -0.1) is 0 Å². The van der Waals surface area contributed by atoms with Crippen molar-refractivity contribution in [3.05, 3.63) is 53.1 Å². The highest BCUT2D eigenvalue weighted by Gasteiger charge is 2.26. The Kier molecular flexibility index (Phi) is 7.68. The summed E-state index contributed by atoms with van der Waals surface area (Å²) in [5, 5.41) is 7.57. The molecule has 0 aliphatic carbocycles. The van der Waals surface area contributed by atoms with Crippen LogP contribution in [0.2, 0.25) is 0 Å². The van der Waals surface area contributed by atoms with Gasteiger partial charge in [0.05, 0.1) is 0 Å². The van der Waals surface area contributed by atoms with E-state index in [1.54, 1.807) is 16.8 Å². The number of alkyl carbamates (subject to hydrolysis) is 1. The first-order valence-corrected chi connectivity index (χ1v) is 12.5. The number of amides is 1. The van der Waals surface area contributed by atoms with E-state index in [1.807, 2.05) is 46.2 Å². The van der Waals surface area contributed by atoms with Crippen LogP contribution in [0.1, 0.15) is 64.6 Å². The molecule has 3 N–H and O–H groups in total. The molecule has 0 radical (unpaired) electrons. The van der Waals surface area contributed by atoms with E-state index in [1.165, 1.54) is 6.07 Å². The second kappa shape index (κ2) is 10.7. The van der Waals surface area contributed by atoms with Gasteiger partial charge in [0, 0.05) is 49.8 Å². The number of nitrogen functional groups attached to an aromatic ring is 1. The van der Waals surface area contributed by atoms with Crippen LogP contribution in [-0.2, 0) is 11.3 Å². The summed E-state index contributed by atoms with van der Waals surface area (Å²) in [5.41, 5.74) is 8.46. The number of aromatic nitrogens is 1. The second-order valence-electron chi connectivity index (χ2n) is 10.5. The summed E-state index contributed by atoms with van der Waals surface area (Å²) in [5.74, 6) is 0.257. The Labute approximate surface area is 211 Å². The Bertz CT molecular complexity index is 1160. The molecule has 2 aliphatic heterocycles. The molecular formula is C27H36FN5O3. The fraction of sp³-hybridized carbons (Fsp3) is 0.481. The molecular weight excluding hydrogens is 461 g/mol. The number of nitrogens with two attached hydrogens (primary N) is 1. The fourth-order valence-electron chi connectivity index (χ4n) is 4.47. The quantitative estimate of drug-likeness (QED) is 0.558. The van der Waals surface area contributed by atoms with Crippen LogP contribution in [0.3, 0.4) is 0 Å². The van der Waals surface area contributed by atoms with Crippen molar-refractivity contribution in [2.45, 2.75) is 71.6 Å². The fourth-order valence-corrected chi connectivity index (χ4v) is 4.47. The van der Waals surface area contributed by atoms with Crippen LogP contribution in [0.15, 0.2) is 41.1 Å². The van der Waals surface area contributed by atoms with Crippen molar-refractivity contribution in [1.29, 1.82) is 0 Å². The Morgan fingerprint density at radius 1 is 1.25 bits per heavy atom. The molecule has 194 valence electrons. The van der Waals surface area contributed by atoms with E-state index in [0.717, 1.165) is 55.6 Å². The number of piperidine rings is 1. The second-order valence-corrected chi connectivity index (χ2v) is 10.5. The highest BCUT2D eigenvalue weighted by Crippen LogP contribution is 2.33. The van der Waals surface area contributed by atoms with Crippen molar-refractivity contribution in [2.24, 2.45) is 5.10 Å². The van der Waals surface area contributed by atoms with Gasteiger partial charge in [0.15, 0.2) is 17.3 Å². The summed E-state index contributed by atoms with van der Waals surface area (Å²) >= 11 is 0. The molecule has 1 aromatic heterocycles. The standard InChI is InChI=1S/C27H36FN5O3/c1-18-6-5-12-30-33-15-9-19(24(33)25(18)35-23-8-7-20(29)16-22(23)28)17-32-13-10-21(11-14-32)31-26(34)36-27(2,3)4/h7-9,12,15-16,21H,5-6,10-11,13-14,17,29H2,1-4H3,(H,31,34). The maximum absolute atomic E-state index is 14.6. The Balaban J connectivity index is 1.49.